The molecule has 2 fully saturated rings. The first-order valence-electron chi connectivity index (χ1n) is 5.23. The Hall–Kier alpha value is -0.0800. The molecule has 2 rings (SSSR count). The minimum absolute atomic E-state index is 0.902. The van der Waals surface area contributed by atoms with Crippen molar-refractivity contribution in [3.63, 3.8) is 0 Å². The summed E-state index contributed by atoms with van der Waals surface area (Å²) in [4.78, 5) is 2.52. The van der Waals surface area contributed by atoms with Gasteiger partial charge in [-0.3, -0.25) is 4.90 Å². The van der Waals surface area contributed by atoms with Crippen LogP contribution in [0, 0.1) is 0 Å². The maximum Gasteiger partial charge on any atom is 0.0945 e. The van der Waals surface area contributed by atoms with Crippen molar-refractivity contribution in [2.24, 2.45) is 0 Å². The van der Waals surface area contributed by atoms with Crippen LogP contribution >= 0.6 is 0 Å². The van der Waals surface area contributed by atoms with E-state index in [2.05, 4.69) is 19.0 Å². The third kappa shape index (κ3) is 1.80. The highest BCUT2D eigenvalue weighted by atomic mass is 15.4. The van der Waals surface area contributed by atoms with Gasteiger partial charge in [0.2, 0.25) is 0 Å². The van der Waals surface area contributed by atoms with Crippen LogP contribution in [0.2, 0.25) is 0 Å². The third-order valence-corrected chi connectivity index (χ3v) is 3.27. The Morgan fingerprint density at radius 1 is 1.25 bits per heavy atom. The van der Waals surface area contributed by atoms with E-state index in [1.54, 1.807) is 0 Å². The molecule has 2 heterocycles. The Labute approximate surface area is 76.7 Å². The fraction of sp³-hybridized carbons (Fsp3) is 1.00. The van der Waals surface area contributed by atoms with Gasteiger partial charge >= 0.3 is 0 Å². The lowest BCUT2D eigenvalue weighted by Crippen LogP contribution is -2.53. The van der Waals surface area contributed by atoms with E-state index >= 15 is 0 Å². The smallest absolute Gasteiger partial charge is 0.0945 e. The van der Waals surface area contributed by atoms with Gasteiger partial charge in [0.25, 0.3) is 0 Å². The molecule has 2 saturated heterocycles. The number of nitrogens with zero attached hydrogens (tertiary/aromatic N) is 2. The quantitative estimate of drug-likeness (QED) is 0.495. The van der Waals surface area contributed by atoms with Crippen LogP contribution in [0.1, 0.15) is 20.3 Å². The second-order valence-electron chi connectivity index (χ2n) is 4.17. The molecule has 0 N–H and O–H groups in total. The van der Waals surface area contributed by atoms with Crippen molar-refractivity contribution in [3.05, 3.63) is 0 Å². The second-order valence-corrected chi connectivity index (χ2v) is 4.17. The molecule has 2 heteroatoms. The van der Waals surface area contributed by atoms with Crippen molar-refractivity contribution in [1.29, 1.82) is 0 Å². The van der Waals surface area contributed by atoms with Crippen molar-refractivity contribution in [2.45, 2.75) is 26.3 Å². The molecule has 2 bridgehead atoms. The zero-order valence-corrected chi connectivity index (χ0v) is 9.01. The number of piperazine rings is 1. The summed E-state index contributed by atoms with van der Waals surface area (Å²) in [5.74, 6) is 0. The number of hydrogen-bond donors (Lipinski definition) is 0. The third-order valence-electron chi connectivity index (χ3n) is 3.27. The molecule has 0 aliphatic carbocycles. The van der Waals surface area contributed by atoms with E-state index in [0.29, 0.717) is 0 Å². The van der Waals surface area contributed by atoms with Crippen LogP contribution in [0.3, 0.4) is 0 Å². The van der Waals surface area contributed by atoms with Crippen LogP contribution in [0.5, 0.6) is 0 Å². The van der Waals surface area contributed by atoms with E-state index in [4.69, 9.17) is 0 Å². The van der Waals surface area contributed by atoms with E-state index < -0.39 is 0 Å². The minimum atomic E-state index is 0.902. The van der Waals surface area contributed by atoms with Gasteiger partial charge in [-0.25, -0.2) is 0 Å². The van der Waals surface area contributed by atoms with Crippen LogP contribution in [0.4, 0.5) is 0 Å². The minimum Gasteiger partial charge on any atom is -0.324 e. The molecule has 2 atom stereocenters. The molecule has 0 radical (unpaired) electrons. The van der Waals surface area contributed by atoms with Crippen molar-refractivity contribution in [1.82, 2.24) is 4.90 Å². The molecule has 0 aromatic carbocycles. The number of quaternary nitrogens is 1. The van der Waals surface area contributed by atoms with Gasteiger partial charge in [-0.2, -0.15) is 0 Å². The summed E-state index contributed by atoms with van der Waals surface area (Å²) in [5.41, 5.74) is 0. The molecule has 0 spiro atoms. The number of rotatable bonds is 0. The van der Waals surface area contributed by atoms with E-state index in [-0.39, 0.29) is 0 Å². The molecule has 72 valence electrons. The lowest BCUT2D eigenvalue weighted by atomic mass is 10.2. The molecular weight excluding hydrogens is 148 g/mol. The van der Waals surface area contributed by atoms with Crippen molar-refractivity contribution in [3.8, 4) is 0 Å². The fourth-order valence-corrected chi connectivity index (χ4v) is 2.30. The van der Waals surface area contributed by atoms with Gasteiger partial charge in [-0.1, -0.05) is 13.8 Å². The van der Waals surface area contributed by atoms with Gasteiger partial charge in [-0.05, 0) is 7.05 Å². The van der Waals surface area contributed by atoms with E-state index in [1.165, 1.54) is 37.1 Å². The zero-order chi connectivity index (χ0) is 9.19. The first-order chi connectivity index (χ1) is 5.70. The molecule has 2 aliphatic heterocycles. The predicted octanol–water partition coefficient (Wildman–Crippen LogP) is 1.18. The van der Waals surface area contributed by atoms with Gasteiger partial charge in [0.05, 0.1) is 32.7 Å². The summed E-state index contributed by atoms with van der Waals surface area (Å²) in [6.45, 7) is 9.49. The maximum atomic E-state index is 2.52. The SMILES string of the molecule is CC.CN1CC[N@@+]2(C)CC[C@@H]1C2. The number of hydrogen-bond acceptors (Lipinski definition) is 1. The van der Waals surface area contributed by atoms with Gasteiger partial charge < -0.3 is 4.48 Å². The van der Waals surface area contributed by atoms with Crippen LogP contribution in [-0.2, 0) is 0 Å². The lowest BCUT2D eigenvalue weighted by Gasteiger charge is -2.37. The molecule has 0 unspecified atom stereocenters. The van der Waals surface area contributed by atoms with Crippen molar-refractivity contribution in [2.75, 3.05) is 40.3 Å². The van der Waals surface area contributed by atoms with Gasteiger partial charge in [0, 0.05) is 13.0 Å². The zero-order valence-electron chi connectivity index (χ0n) is 9.01. The first-order valence-corrected chi connectivity index (χ1v) is 5.23. The highest BCUT2D eigenvalue weighted by molar-refractivity contribution is 4.78. The Morgan fingerprint density at radius 3 is 2.50 bits per heavy atom. The van der Waals surface area contributed by atoms with Crippen LogP contribution in [0.15, 0.2) is 0 Å². The predicted molar refractivity (Wildman–Crippen MR) is 53.2 cm³/mol. The summed E-state index contributed by atoms with van der Waals surface area (Å²) in [6, 6.07) is 0.902. The van der Waals surface area contributed by atoms with Crippen molar-refractivity contribution >= 4 is 0 Å². The molecule has 0 saturated carbocycles. The second kappa shape index (κ2) is 3.75. The Morgan fingerprint density at radius 2 is 1.92 bits per heavy atom. The molecule has 0 aromatic heterocycles. The van der Waals surface area contributed by atoms with Gasteiger partial charge in [0.1, 0.15) is 0 Å². The highest BCUT2D eigenvalue weighted by Crippen LogP contribution is 2.24. The van der Waals surface area contributed by atoms with Crippen LogP contribution in [0.25, 0.3) is 0 Å². The monoisotopic (exact) mass is 171 g/mol. The maximum absolute atomic E-state index is 2.52. The van der Waals surface area contributed by atoms with E-state index in [9.17, 15) is 0 Å². The molecule has 12 heavy (non-hydrogen) atoms. The van der Waals surface area contributed by atoms with Crippen LogP contribution < -0.4 is 0 Å². The summed E-state index contributed by atoms with van der Waals surface area (Å²) in [6.07, 6.45) is 1.42. The summed E-state index contributed by atoms with van der Waals surface area (Å²) in [7, 11) is 4.66. The van der Waals surface area contributed by atoms with E-state index in [1.807, 2.05) is 13.8 Å². The molecular formula is C10H23N2+. The van der Waals surface area contributed by atoms with E-state index in [0.717, 1.165) is 6.04 Å². The highest BCUT2D eigenvalue weighted by Gasteiger charge is 2.40. The Kier molecular flexibility index (Phi) is 3.13. The van der Waals surface area contributed by atoms with Crippen LogP contribution in [-0.4, -0.2) is 55.7 Å². The standard InChI is InChI=1S/C8H17N2.C2H6/c1-9-4-6-10(2)5-3-8(9)7-10;1-2/h8H,3-7H2,1-2H3;1-2H3/q+1;/t8-,10-;/m1./s1. The molecule has 0 aromatic rings. The Bertz CT molecular complexity index is 147. The summed E-state index contributed by atoms with van der Waals surface area (Å²) < 4.78 is 1.34. The average Bonchev–Trinajstić information content (AvgIpc) is 2.43. The largest absolute Gasteiger partial charge is 0.324 e. The molecule has 0 amide bonds. The summed E-state index contributed by atoms with van der Waals surface area (Å²) in [5, 5.41) is 0. The molecule has 2 nitrogen and oxygen atoms in total. The molecule has 2 aliphatic rings. The fourth-order valence-electron chi connectivity index (χ4n) is 2.30. The Balaban J connectivity index is 0.000000336. The summed E-state index contributed by atoms with van der Waals surface area (Å²) >= 11 is 0. The lowest BCUT2D eigenvalue weighted by molar-refractivity contribution is -0.901. The van der Waals surface area contributed by atoms with Gasteiger partial charge in [-0.15, -0.1) is 0 Å². The normalized spacial score (nSPS) is 40.5. The number of likely N-dealkylation sites (N-methyl/N-ethyl adjacent to an activating group) is 2. The average molecular weight is 171 g/mol. The topological polar surface area (TPSA) is 3.24 Å². The van der Waals surface area contributed by atoms with Gasteiger partial charge in [0.15, 0.2) is 0 Å². The number of fused-ring (bicyclic) bond motifs is 2. The van der Waals surface area contributed by atoms with Crippen molar-refractivity contribution < 1.29 is 4.48 Å². The first kappa shape index (κ1) is 10.0.